The van der Waals surface area contributed by atoms with Crippen LogP contribution < -0.4 is 0 Å². The van der Waals surface area contributed by atoms with Crippen LogP contribution in [0.15, 0.2) is 73.1 Å². The Hall–Kier alpha value is -4.49. The third-order valence-corrected chi connectivity index (χ3v) is 4.20. The van der Waals surface area contributed by atoms with E-state index >= 15 is 0 Å². The van der Waals surface area contributed by atoms with Gasteiger partial charge in [-0.15, -0.1) is 0 Å². The number of nitrogens with zero attached hydrogens (tertiary/aromatic N) is 6. The van der Waals surface area contributed by atoms with E-state index < -0.39 is 6.03 Å². The van der Waals surface area contributed by atoms with Crippen molar-refractivity contribution in [3.05, 3.63) is 84.4 Å². The van der Waals surface area contributed by atoms with Gasteiger partial charge in [0, 0.05) is 23.5 Å². The van der Waals surface area contributed by atoms with Gasteiger partial charge in [0.15, 0.2) is 11.4 Å². The fourth-order valence-electron chi connectivity index (χ4n) is 2.87. The molecule has 0 atom stereocenters. The second-order valence-corrected chi connectivity index (χ2v) is 5.91. The minimum atomic E-state index is -0.586. The van der Waals surface area contributed by atoms with Crippen LogP contribution in [0.1, 0.15) is 11.4 Å². The van der Waals surface area contributed by atoms with Crippen LogP contribution in [0.2, 0.25) is 0 Å². The number of aromatic nitrogens is 4. The Balaban J connectivity index is 1.75. The van der Waals surface area contributed by atoms with Crippen LogP contribution in [0.3, 0.4) is 0 Å². The zero-order valence-corrected chi connectivity index (χ0v) is 14.5. The van der Waals surface area contributed by atoms with E-state index in [1.165, 1.54) is 12.4 Å². The second kappa shape index (κ2) is 7.02. The van der Waals surface area contributed by atoms with E-state index in [2.05, 4.69) is 10.2 Å². The Bertz CT molecular complexity index is 1140. The Morgan fingerprint density at radius 1 is 0.714 bits per heavy atom. The van der Waals surface area contributed by atoms with Crippen molar-refractivity contribution < 1.29 is 4.79 Å². The topological polar surface area (TPSA) is 100 Å². The van der Waals surface area contributed by atoms with Crippen LogP contribution >= 0.6 is 0 Å². The molecule has 7 heteroatoms. The molecule has 0 bridgehead atoms. The molecular formula is C21H12N6O. The van der Waals surface area contributed by atoms with Crippen molar-refractivity contribution in [1.29, 1.82) is 10.5 Å². The van der Waals surface area contributed by atoms with Gasteiger partial charge in [-0.3, -0.25) is 0 Å². The van der Waals surface area contributed by atoms with Gasteiger partial charge in [0.05, 0.1) is 0 Å². The lowest BCUT2D eigenvalue weighted by Crippen LogP contribution is -2.20. The maximum absolute atomic E-state index is 12.9. The van der Waals surface area contributed by atoms with Gasteiger partial charge in [-0.1, -0.05) is 60.7 Å². The van der Waals surface area contributed by atoms with E-state index in [4.69, 9.17) is 0 Å². The molecule has 7 nitrogen and oxygen atoms in total. The summed E-state index contributed by atoms with van der Waals surface area (Å²) >= 11 is 0. The highest BCUT2D eigenvalue weighted by atomic mass is 16.2. The Morgan fingerprint density at radius 2 is 1.11 bits per heavy atom. The molecular weight excluding hydrogens is 352 g/mol. The summed E-state index contributed by atoms with van der Waals surface area (Å²) in [5, 5.41) is 26.9. The molecule has 2 aromatic heterocycles. The quantitative estimate of drug-likeness (QED) is 0.540. The predicted octanol–water partition coefficient (Wildman–Crippen LogP) is 3.67. The van der Waals surface area contributed by atoms with Crippen molar-refractivity contribution in [3.63, 3.8) is 0 Å². The van der Waals surface area contributed by atoms with Gasteiger partial charge in [0.1, 0.15) is 12.1 Å². The van der Waals surface area contributed by atoms with Gasteiger partial charge in [-0.2, -0.15) is 30.1 Å². The van der Waals surface area contributed by atoms with Gasteiger partial charge in [-0.05, 0) is 11.1 Å². The number of carbonyl (C=O) groups is 1. The van der Waals surface area contributed by atoms with Crippen molar-refractivity contribution in [1.82, 2.24) is 19.6 Å². The van der Waals surface area contributed by atoms with Crippen LogP contribution in [0.5, 0.6) is 0 Å². The largest absolute Gasteiger partial charge is 0.369 e. The molecule has 2 heterocycles. The first-order valence-corrected chi connectivity index (χ1v) is 8.36. The molecule has 0 radical (unpaired) electrons. The van der Waals surface area contributed by atoms with Gasteiger partial charge < -0.3 is 0 Å². The summed E-state index contributed by atoms with van der Waals surface area (Å²) in [7, 11) is 0. The van der Waals surface area contributed by atoms with Crippen LogP contribution in [0.25, 0.3) is 22.3 Å². The number of hydrogen-bond acceptors (Lipinski definition) is 5. The van der Waals surface area contributed by atoms with Gasteiger partial charge in [-0.25, -0.2) is 4.79 Å². The fourth-order valence-corrected chi connectivity index (χ4v) is 2.87. The molecule has 0 amide bonds. The molecule has 0 saturated carbocycles. The fraction of sp³-hybridized carbons (Fsp3) is 0. The summed E-state index contributed by atoms with van der Waals surface area (Å²) in [5.74, 6) is 0. The first kappa shape index (κ1) is 17.0. The standard InChI is InChI=1S/C21H12N6O/c22-11-19-17(15-7-3-1-4-8-15)13-26(24-19)21(28)27-14-18(20(12-23)25-27)16-9-5-2-6-10-16/h1-10,13-14H. The van der Waals surface area contributed by atoms with Crippen LogP contribution in [-0.2, 0) is 0 Å². The lowest BCUT2D eigenvalue weighted by molar-refractivity contribution is 0.238. The molecule has 28 heavy (non-hydrogen) atoms. The first-order chi connectivity index (χ1) is 13.7. The number of benzene rings is 2. The highest BCUT2D eigenvalue weighted by molar-refractivity contribution is 5.82. The Morgan fingerprint density at radius 3 is 1.46 bits per heavy atom. The monoisotopic (exact) mass is 364 g/mol. The van der Waals surface area contributed by atoms with Crippen molar-refractivity contribution in [3.8, 4) is 34.4 Å². The Labute approximate surface area is 160 Å². The lowest BCUT2D eigenvalue weighted by atomic mass is 10.1. The molecule has 0 saturated heterocycles. The minimum absolute atomic E-state index is 0.135. The van der Waals surface area contributed by atoms with E-state index in [0.29, 0.717) is 11.1 Å². The second-order valence-electron chi connectivity index (χ2n) is 5.91. The van der Waals surface area contributed by atoms with Crippen LogP contribution in [0.4, 0.5) is 4.79 Å². The van der Waals surface area contributed by atoms with E-state index in [1.54, 1.807) is 0 Å². The first-order valence-electron chi connectivity index (χ1n) is 8.36. The number of hydrogen-bond donors (Lipinski definition) is 0. The molecule has 4 rings (SSSR count). The summed E-state index contributed by atoms with van der Waals surface area (Å²) in [6.07, 6.45) is 2.98. The molecule has 0 aliphatic heterocycles. The molecule has 4 aromatic rings. The molecule has 0 N–H and O–H groups in total. The van der Waals surface area contributed by atoms with Crippen LogP contribution in [-0.4, -0.2) is 25.6 Å². The summed E-state index contributed by atoms with van der Waals surface area (Å²) in [6.45, 7) is 0. The van der Waals surface area contributed by atoms with E-state index in [9.17, 15) is 15.3 Å². The maximum atomic E-state index is 12.9. The Kier molecular flexibility index (Phi) is 4.25. The van der Waals surface area contributed by atoms with Gasteiger partial charge in [0.2, 0.25) is 0 Å². The van der Waals surface area contributed by atoms with Crippen molar-refractivity contribution >= 4 is 6.03 Å². The van der Waals surface area contributed by atoms with Gasteiger partial charge in [0.25, 0.3) is 0 Å². The van der Waals surface area contributed by atoms with Crippen molar-refractivity contribution in [2.75, 3.05) is 0 Å². The smallest absolute Gasteiger partial charge is 0.244 e. The summed E-state index contributed by atoms with van der Waals surface area (Å²) in [5.41, 5.74) is 2.92. The highest BCUT2D eigenvalue weighted by Gasteiger charge is 2.19. The third-order valence-electron chi connectivity index (χ3n) is 4.20. The molecule has 2 aromatic carbocycles. The average molecular weight is 364 g/mol. The van der Waals surface area contributed by atoms with Crippen LogP contribution in [0, 0.1) is 22.7 Å². The summed E-state index contributed by atoms with van der Waals surface area (Å²) in [6, 6.07) is 21.9. The molecule has 132 valence electrons. The molecule has 0 unspecified atom stereocenters. The van der Waals surface area contributed by atoms with E-state index in [-0.39, 0.29) is 11.4 Å². The molecule has 0 aliphatic carbocycles. The summed E-state index contributed by atoms with van der Waals surface area (Å²) in [4.78, 5) is 12.9. The van der Waals surface area contributed by atoms with E-state index in [0.717, 1.165) is 20.5 Å². The SMILES string of the molecule is N#Cc1nn(C(=O)n2cc(-c3ccccc3)c(C#N)n2)cc1-c1ccccc1. The van der Waals surface area contributed by atoms with E-state index in [1.807, 2.05) is 72.8 Å². The molecule has 0 aliphatic rings. The lowest BCUT2D eigenvalue weighted by Gasteiger charge is -1.99. The zero-order chi connectivity index (χ0) is 19.5. The zero-order valence-electron chi connectivity index (χ0n) is 14.5. The molecule has 0 spiro atoms. The number of nitriles is 2. The highest BCUT2D eigenvalue weighted by Crippen LogP contribution is 2.24. The predicted molar refractivity (Wildman–Crippen MR) is 101 cm³/mol. The normalized spacial score (nSPS) is 10.2. The number of carbonyl (C=O) groups excluding carboxylic acids is 1. The third kappa shape index (κ3) is 2.94. The minimum Gasteiger partial charge on any atom is -0.244 e. The maximum Gasteiger partial charge on any atom is 0.369 e. The molecule has 0 fully saturated rings. The average Bonchev–Trinajstić information content (AvgIpc) is 3.39. The summed E-state index contributed by atoms with van der Waals surface area (Å²) < 4.78 is 2.12. The number of rotatable bonds is 2. The van der Waals surface area contributed by atoms with Gasteiger partial charge >= 0.3 is 6.03 Å². The van der Waals surface area contributed by atoms with Crippen molar-refractivity contribution in [2.45, 2.75) is 0 Å². The van der Waals surface area contributed by atoms with Crippen molar-refractivity contribution in [2.24, 2.45) is 0 Å².